The summed E-state index contributed by atoms with van der Waals surface area (Å²) in [6.07, 6.45) is 0. The quantitative estimate of drug-likeness (QED) is 0.717. The van der Waals surface area contributed by atoms with Gasteiger partial charge in [-0.05, 0) is 26.0 Å². The van der Waals surface area contributed by atoms with Crippen LogP contribution in [0.5, 0.6) is 0 Å². The van der Waals surface area contributed by atoms with Crippen molar-refractivity contribution in [2.75, 3.05) is 0 Å². The van der Waals surface area contributed by atoms with Gasteiger partial charge in [0.25, 0.3) is 0 Å². The molecule has 0 saturated carbocycles. The molecule has 1 aromatic heterocycles. The summed E-state index contributed by atoms with van der Waals surface area (Å²) in [4.78, 5) is 11.0. The zero-order chi connectivity index (χ0) is 9.84. The molecule has 13 heavy (non-hydrogen) atoms. The summed E-state index contributed by atoms with van der Waals surface area (Å²) in [5.74, 6) is 1.41. The van der Waals surface area contributed by atoms with E-state index in [4.69, 9.17) is 10.2 Å². The Bertz CT molecular complexity index is 292. The van der Waals surface area contributed by atoms with Crippen LogP contribution in [0.15, 0.2) is 16.5 Å². The third kappa shape index (κ3) is 2.91. The first-order valence-corrected chi connectivity index (χ1v) is 4.18. The van der Waals surface area contributed by atoms with E-state index in [0.29, 0.717) is 6.54 Å². The summed E-state index contributed by atoms with van der Waals surface area (Å²) < 4.78 is 5.26. The molecule has 0 unspecified atom stereocenters. The predicted molar refractivity (Wildman–Crippen MR) is 48.9 cm³/mol. The molecular formula is C9H14N2O2. The smallest absolute Gasteiger partial charge is 0.237 e. The van der Waals surface area contributed by atoms with Crippen molar-refractivity contribution < 1.29 is 9.21 Å². The molecule has 0 bridgehead atoms. The lowest BCUT2D eigenvalue weighted by Gasteiger charge is -2.05. The first-order valence-electron chi connectivity index (χ1n) is 4.18. The van der Waals surface area contributed by atoms with Crippen molar-refractivity contribution in [3.05, 3.63) is 23.7 Å². The highest BCUT2D eigenvalue weighted by Gasteiger charge is 2.07. The number of amides is 1. The molecule has 4 heteroatoms. The zero-order valence-corrected chi connectivity index (χ0v) is 7.83. The molecule has 1 rings (SSSR count). The highest BCUT2D eigenvalue weighted by Crippen LogP contribution is 2.05. The Morgan fingerprint density at radius 2 is 2.38 bits per heavy atom. The van der Waals surface area contributed by atoms with Gasteiger partial charge in [-0.15, -0.1) is 0 Å². The molecule has 4 nitrogen and oxygen atoms in total. The minimum Gasteiger partial charge on any atom is -0.465 e. The van der Waals surface area contributed by atoms with Crippen LogP contribution in [0.3, 0.4) is 0 Å². The van der Waals surface area contributed by atoms with E-state index in [1.807, 2.05) is 19.1 Å². The molecule has 0 aliphatic carbocycles. The fourth-order valence-electron chi connectivity index (χ4n) is 0.915. The van der Waals surface area contributed by atoms with E-state index in [9.17, 15) is 4.79 Å². The highest BCUT2D eigenvalue weighted by atomic mass is 16.3. The van der Waals surface area contributed by atoms with Crippen LogP contribution in [0.2, 0.25) is 0 Å². The van der Waals surface area contributed by atoms with Crippen molar-refractivity contribution in [2.24, 2.45) is 5.73 Å². The minimum atomic E-state index is -0.476. The molecule has 1 amide bonds. The molecule has 1 atom stereocenters. The second-order valence-electron chi connectivity index (χ2n) is 3.02. The first-order chi connectivity index (χ1) is 6.09. The number of aryl methyl sites for hydroxylation is 1. The molecule has 0 spiro atoms. The number of furan rings is 1. The van der Waals surface area contributed by atoms with Gasteiger partial charge in [-0.1, -0.05) is 0 Å². The highest BCUT2D eigenvalue weighted by molar-refractivity contribution is 5.80. The van der Waals surface area contributed by atoms with E-state index in [2.05, 4.69) is 5.32 Å². The largest absolute Gasteiger partial charge is 0.465 e. The van der Waals surface area contributed by atoms with Crippen LogP contribution >= 0.6 is 0 Å². The number of hydrogen-bond donors (Lipinski definition) is 2. The Morgan fingerprint density at radius 3 is 2.85 bits per heavy atom. The molecular weight excluding hydrogens is 168 g/mol. The van der Waals surface area contributed by atoms with Gasteiger partial charge in [-0.3, -0.25) is 4.79 Å². The Kier molecular flexibility index (Phi) is 3.08. The summed E-state index contributed by atoms with van der Waals surface area (Å²) in [5.41, 5.74) is 5.36. The average Bonchev–Trinajstić information content (AvgIpc) is 2.47. The number of nitrogens with one attached hydrogen (secondary N) is 1. The summed E-state index contributed by atoms with van der Waals surface area (Å²) in [6.45, 7) is 3.90. The van der Waals surface area contributed by atoms with E-state index in [1.165, 1.54) is 0 Å². The fourth-order valence-corrected chi connectivity index (χ4v) is 0.915. The Labute approximate surface area is 77.1 Å². The molecule has 0 aliphatic heterocycles. The summed E-state index contributed by atoms with van der Waals surface area (Å²) in [7, 11) is 0. The van der Waals surface area contributed by atoms with Crippen LogP contribution in [0.25, 0.3) is 0 Å². The van der Waals surface area contributed by atoms with Crippen molar-refractivity contribution in [3.8, 4) is 0 Å². The molecule has 0 aromatic carbocycles. The van der Waals surface area contributed by atoms with E-state index >= 15 is 0 Å². The molecule has 1 aromatic rings. The molecule has 0 fully saturated rings. The Morgan fingerprint density at radius 1 is 1.69 bits per heavy atom. The van der Waals surface area contributed by atoms with Gasteiger partial charge >= 0.3 is 0 Å². The standard InChI is InChI=1S/C9H14N2O2/c1-6-3-4-8(13-6)5-11-9(12)7(2)10/h3-4,7H,5,10H2,1-2H3,(H,11,12)/t7-/m1/s1. The third-order valence-electron chi connectivity index (χ3n) is 1.65. The van der Waals surface area contributed by atoms with Gasteiger partial charge in [0.2, 0.25) is 5.91 Å². The van der Waals surface area contributed by atoms with Gasteiger partial charge in [0.1, 0.15) is 11.5 Å². The maximum Gasteiger partial charge on any atom is 0.237 e. The third-order valence-corrected chi connectivity index (χ3v) is 1.65. The molecule has 3 N–H and O–H groups in total. The van der Waals surface area contributed by atoms with Crippen molar-refractivity contribution in [1.82, 2.24) is 5.32 Å². The second-order valence-corrected chi connectivity index (χ2v) is 3.02. The Hall–Kier alpha value is -1.29. The van der Waals surface area contributed by atoms with Crippen LogP contribution in [0.1, 0.15) is 18.4 Å². The monoisotopic (exact) mass is 182 g/mol. The molecule has 1 heterocycles. The van der Waals surface area contributed by atoms with Crippen LogP contribution in [-0.2, 0) is 11.3 Å². The van der Waals surface area contributed by atoms with Gasteiger partial charge < -0.3 is 15.5 Å². The summed E-state index contributed by atoms with van der Waals surface area (Å²) in [5, 5.41) is 2.65. The lowest BCUT2D eigenvalue weighted by Crippen LogP contribution is -2.37. The SMILES string of the molecule is Cc1ccc(CNC(=O)[C@@H](C)N)o1. The van der Waals surface area contributed by atoms with Gasteiger partial charge in [0.05, 0.1) is 12.6 Å². The van der Waals surface area contributed by atoms with Gasteiger partial charge in [0.15, 0.2) is 0 Å². The summed E-state index contributed by atoms with van der Waals surface area (Å²) >= 11 is 0. The maximum atomic E-state index is 11.0. The van der Waals surface area contributed by atoms with E-state index in [-0.39, 0.29) is 5.91 Å². The van der Waals surface area contributed by atoms with Crippen molar-refractivity contribution >= 4 is 5.91 Å². The molecule has 0 saturated heterocycles. The lowest BCUT2D eigenvalue weighted by atomic mass is 10.3. The average molecular weight is 182 g/mol. The number of rotatable bonds is 3. The lowest BCUT2D eigenvalue weighted by molar-refractivity contribution is -0.122. The van der Waals surface area contributed by atoms with Crippen LogP contribution < -0.4 is 11.1 Å². The van der Waals surface area contributed by atoms with Crippen LogP contribution in [0.4, 0.5) is 0 Å². The van der Waals surface area contributed by atoms with Crippen molar-refractivity contribution in [2.45, 2.75) is 26.4 Å². The molecule has 0 aliphatic rings. The Balaban J connectivity index is 2.39. The van der Waals surface area contributed by atoms with Crippen molar-refractivity contribution in [3.63, 3.8) is 0 Å². The van der Waals surface area contributed by atoms with Crippen LogP contribution in [0, 0.1) is 6.92 Å². The number of carbonyl (C=O) groups is 1. The van der Waals surface area contributed by atoms with E-state index in [0.717, 1.165) is 11.5 Å². The molecule has 0 radical (unpaired) electrons. The zero-order valence-electron chi connectivity index (χ0n) is 7.83. The topological polar surface area (TPSA) is 68.3 Å². The number of carbonyl (C=O) groups excluding carboxylic acids is 1. The number of nitrogens with two attached hydrogens (primary N) is 1. The minimum absolute atomic E-state index is 0.172. The fraction of sp³-hybridized carbons (Fsp3) is 0.444. The van der Waals surface area contributed by atoms with E-state index < -0.39 is 6.04 Å². The van der Waals surface area contributed by atoms with Crippen molar-refractivity contribution in [1.29, 1.82) is 0 Å². The van der Waals surface area contributed by atoms with Gasteiger partial charge in [-0.25, -0.2) is 0 Å². The normalized spacial score (nSPS) is 12.5. The van der Waals surface area contributed by atoms with Gasteiger partial charge in [-0.2, -0.15) is 0 Å². The van der Waals surface area contributed by atoms with Gasteiger partial charge in [0, 0.05) is 0 Å². The molecule has 72 valence electrons. The van der Waals surface area contributed by atoms with E-state index in [1.54, 1.807) is 6.92 Å². The maximum absolute atomic E-state index is 11.0. The predicted octanol–water partition coefficient (Wildman–Crippen LogP) is 0.551. The first kappa shape index (κ1) is 9.80. The summed E-state index contributed by atoms with van der Waals surface area (Å²) in [6, 6.07) is 3.21. The van der Waals surface area contributed by atoms with Crippen LogP contribution in [-0.4, -0.2) is 11.9 Å². The number of hydrogen-bond acceptors (Lipinski definition) is 3. The second kappa shape index (κ2) is 4.09.